The summed E-state index contributed by atoms with van der Waals surface area (Å²) < 4.78 is 28.6. The lowest BCUT2D eigenvalue weighted by atomic mass is 10.2. The summed E-state index contributed by atoms with van der Waals surface area (Å²) in [5.74, 6) is 0.261. The van der Waals surface area contributed by atoms with Crippen LogP contribution in [0.4, 0.5) is 11.7 Å². The van der Waals surface area contributed by atoms with Gasteiger partial charge in [-0.1, -0.05) is 0 Å². The number of nitro groups is 1. The molecule has 21 heavy (non-hydrogen) atoms. The van der Waals surface area contributed by atoms with Crippen molar-refractivity contribution < 1.29 is 17.8 Å². The first-order chi connectivity index (χ1) is 9.93. The van der Waals surface area contributed by atoms with E-state index in [0.717, 1.165) is 6.42 Å². The molecule has 0 saturated carbocycles. The second kappa shape index (κ2) is 4.99. The fourth-order valence-electron chi connectivity index (χ4n) is 2.40. The van der Waals surface area contributed by atoms with Crippen LogP contribution in [0.2, 0.25) is 0 Å². The van der Waals surface area contributed by atoms with E-state index in [1.807, 2.05) is 0 Å². The molecule has 0 amide bonds. The molecule has 3 rings (SSSR count). The normalized spacial score (nSPS) is 21.2. The number of rotatable bonds is 3. The Morgan fingerprint density at radius 3 is 2.95 bits per heavy atom. The summed E-state index contributed by atoms with van der Waals surface area (Å²) >= 11 is 0. The Bertz CT molecular complexity index is 798. The number of nitrogens with zero attached hydrogens (tertiary/aromatic N) is 2. The van der Waals surface area contributed by atoms with Gasteiger partial charge >= 0.3 is 0 Å². The van der Waals surface area contributed by atoms with E-state index in [1.165, 1.54) is 18.2 Å². The quantitative estimate of drug-likeness (QED) is 0.677. The smallest absolute Gasteiger partial charge is 0.295 e. The SMILES string of the molecule is O=[N+]([O-])c1ccc2nc(NC3CCCS(=O)(=O)C3)oc2c1. The number of hydrogen-bond donors (Lipinski definition) is 1. The minimum absolute atomic E-state index is 0.0475. The van der Waals surface area contributed by atoms with Crippen molar-refractivity contribution in [3.63, 3.8) is 0 Å². The molecule has 1 aliphatic heterocycles. The standard InChI is InChI=1S/C12H13N3O5S/c16-15(17)9-3-4-10-11(6-9)20-12(14-10)13-8-2-1-5-21(18,19)7-8/h3-4,6,8H,1-2,5,7H2,(H,13,14). The van der Waals surface area contributed by atoms with Crippen molar-refractivity contribution in [3.05, 3.63) is 28.3 Å². The van der Waals surface area contributed by atoms with Crippen molar-refractivity contribution in [1.82, 2.24) is 4.98 Å². The number of aromatic nitrogens is 1. The summed E-state index contributed by atoms with van der Waals surface area (Å²) in [6.07, 6.45) is 1.32. The Labute approximate surface area is 120 Å². The van der Waals surface area contributed by atoms with Crippen LogP contribution >= 0.6 is 0 Å². The van der Waals surface area contributed by atoms with Crippen LogP contribution in [0, 0.1) is 10.1 Å². The molecule has 2 aromatic rings. The average Bonchev–Trinajstić information content (AvgIpc) is 2.78. The van der Waals surface area contributed by atoms with Gasteiger partial charge in [0.05, 0.1) is 22.5 Å². The lowest BCUT2D eigenvalue weighted by Crippen LogP contribution is -2.34. The molecule has 1 aliphatic rings. The number of non-ortho nitro benzene ring substituents is 1. The van der Waals surface area contributed by atoms with Crippen molar-refractivity contribution >= 4 is 32.6 Å². The van der Waals surface area contributed by atoms with E-state index in [-0.39, 0.29) is 29.2 Å². The van der Waals surface area contributed by atoms with Crippen molar-refractivity contribution in [2.24, 2.45) is 0 Å². The van der Waals surface area contributed by atoms with Crippen molar-refractivity contribution in [2.45, 2.75) is 18.9 Å². The predicted octanol–water partition coefficient (Wildman–Crippen LogP) is 1.73. The van der Waals surface area contributed by atoms with Gasteiger partial charge in [0, 0.05) is 12.1 Å². The average molecular weight is 311 g/mol. The number of anilines is 1. The summed E-state index contributed by atoms with van der Waals surface area (Å²) in [7, 11) is -3.02. The van der Waals surface area contributed by atoms with E-state index in [4.69, 9.17) is 4.42 Å². The fourth-order valence-corrected chi connectivity index (χ4v) is 4.04. The van der Waals surface area contributed by atoms with Crippen molar-refractivity contribution in [3.8, 4) is 0 Å². The van der Waals surface area contributed by atoms with Crippen LogP contribution in [0.1, 0.15) is 12.8 Å². The van der Waals surface area contributed by atoms with Crippen LogP contribution in [-0.2, 0) is 9.84 Å². The topological polar surface area (TPSA) is 115 Å². The molecule has 1 unspecified atom stereocenters. The minimum Gasteiger partial charge on any atom is -0.423 e. The van der Waals surface area contributed by atoms with E-state index >= 15 is 0 Å². The van der Waals surface area contributed by atoms with Gasteiger partial charge in [0.2, 0.25) is 0 Å². The number of hydrogen-bond acceptors (Lipinski definition) is 7. The third-order valence-corrected chi connectivity index (χ3v) is 5.19. The summed E-state index contributed by atoms with van der Waals surface area (Å²) in [5.41, 5.74) is 0.706. The molecule has 9 heteroatoms. The molecule has 0 bridgehead atoms. The fraction of sp³-hybridized carbons (Fsp3) is 0.417. The van der Waals surface area contributed by atoms with E-state index < -0.39 is 14.8 Å². The van der Waals surface area contributed by atoms with E-state index in [9.17, 15) is 18.5 Å². The van der Waals surface area contributed by atoms with Crippen LogP contribution in [0.3, 0.4) is 0 Å². The highest BCUT2D eigenvalue weighted by atomic mass is 32.2. The Hall–Kier alpha value is -2.16. The summed E-state index contributed by atoms with van der Waals surface area (Å²) in [4.78, 5) is 14.3. The van der Waals surface area contributed by atoms with Crippen LogP contribution in [0.5, 0.6) is 0 Å². The zero-order valence-corrected chi connectivity index (χ0v) is 11.8. The van der Waals surface area contributed by atoms with Gasteiger partial charge in [-0.15, -0.1) is 0 Å². The molecule has 1 atom stereocenters. The predicted molar refractivity (Wildman–Crippen MR) is 76.0 cm³/mol. The molecule has 0 aliphatic carbocycles. The number of sulfone groups is 1. The maximum atomic E-state index is 11.6. The molecule has 1 fully saturated rings. The van der Waals surface area contributed by atoms with Gasteiger partial charge in [0.25, 0.3) is 11.7 Å². The van der Waals surface area contributed by atoms with E-state index in [0.29, 0.717) is 17.5 Å². The number of nitrogens with one attached hydrogen (secondary N) is 1. The second-order valence-electron chi connectivity index (χ2n) is 5.03. The largest absolute Gasteiger partial charge is 0.423 e. The first-order valence-electron chi connectivity index (χ1n) is 6.45. The Morgan fingerprint density at radius 2 is 2.24 bits per heavy atom. The molecular formula is C12H13N3O5S. The van der Waals surface area contributed by atoms with Gasteiger partial charge in [-0.05, 0) is 18.9 Å². The van der Waals surface area contributed by atoms with E-state index in [2.05, 4.69) is 10.3 Å². The number of benzene rings is 1. The Morgan fingerprint density at radius 1 is 1.43 bits per heavy atom. The lowest BCUT2D eigenvalue weighted by molar-refractivity contribution is -0.384. The summed E-state index contributed by atoms with van der Waals surface area (Å²) in [5, 5.41) is 13.6. The van der Waals surface area contributed by atoms with Crippen molar-refractivity contribution in [2.75, 3.05) is 16.8 Å². The molecule has 0 spiro atoms. The molecule has 1 aromatic heterocycles. The second-order valence-corrected chi connectivity index (χ2v) is 7.25. The van der Waals surface area contributed by atoms with Crippen LogP contribution in [0.25, 0.3) is 11.1 Å². The molecule has 0 radical (unpaired) electrons. The molecule has 112 valence electrons. The van der Waals surface area contributed by atoms with Gasteiger partial charge in [0.1, 0.15) is 5.52 Å². The first kappa shape index (κ1) is 13.8. The van der Waals surface area contributed by atoms with Gasteiger partial charge in [-0.25, -0.2) is 8.42 Å². The minimum atomic E-state index is -3.02. The van der Waals surface area contributed by atoms with Crippen LogP contribution in [-0.4, -0.2) is 35.9 Å². The first-order valence-corrected chi connectivity index (χ1v) is 8.27. The summed E-state index contributed by atoms with van der Waals surface area (Å²) in [6, 6.07) is 4.09. The molecule has 8 nitrogen and oxygen atoms in total. The molecule has 1 saturated heterocycles. The zero-order chi connectivity index (χ0) is 15.0. The van der Waals surface area contributed by atoms with Gasteiger partial charge in [-0.2, -0.15) is 4.98 Å². The van der Waals surface area contributed by atoms with Gasteiger partial charge < -0.3 is 9.73 Å². The van der Waals surface area contributed by atoms with E-state index in [1.54, 1.807) is 0 Å². The number of fused-ring (bicyclic) bond motifs is 1. The molecule has 2 heterocycles. The van der Waals surface area contributed by atoms with Crippen LogP contribution < -0.4 is 5.32 Å². The third-order valence-electron chi connectivity index (χ3n) is 3.37. The zero-order valence-electron chi connectivity index (χ0n) is 11.0. The Kier molecular flexibility index (Phi) is 3.28. The highest BCUT2D eigenvalue weighted by Gasteiger charge is 2.25. The summed E-state index contributed by atoms with van der Waals surface area (Å²) in [6.45, 7) is 0. The lowest BCUT2D eigenvalue weighted by Gasteiger charge is -2.21. The van der Waals surface area contributed by atoms with Crippen LogP contribution in [0.15, 0.2) is 22.6 Å². The molecule has 1 N–H and O–H groups in total. The number of nitro benzene ring substituents is 1. The highest BCUT2D eigenvalue weighted by molar-refractivity contribution is 7.91. The molecule has 1 aromatic carbocycles. The van der Waals surface area contributed by atoms with Crippen molar-refractivity contribution in [1.29, 1.82) is 0 Å². The maximum absolute atomic E-state index is 11.6. The van der Waals surface area contributed by atoms with Gasteiger partial charge in [0.15, 0.2) is 15.4 Å². The van der Waals surface area contributed by atoms with Gasteiger partial charge in [-0.3, -0.25) is 10.1 Å². The monoisotopic (exact) mass is 311 g/mol. The Balaban J connectivity index is 1.83. The maximum Gasteiger partial charge on any atom is 0.295 e. The highest BCUT2D eigenvalue weighted by Crippen LogP contribution is 2.25. The number of oxazole rings is 1. The third kappa shape index (κ3) is 2.97. The molecular weight excluding hydrogens is 298 g/mol.